The standard InChI is InChI=1S/C10H12N2/c1-3-12-10(11-2)9-7-5-4-6-8-9/h4-8H,2-3H2,1H3/b12-10-. The molecule has 0 unspecified atom stereocenters. The van der Waals surface area contributed by atoms with Crippen molar-refractivity contribution in [3.05, 3.63) is 35.9 Å². The van der Waals surface area contributed by atoms with Crippen molar-refractivity contribution >= 4 is 12.6 Å². The summed E-state index contributed by atoms with van der Waals surface area (Å²) in [5.74, 6) is 0.720. The molecule has 62 valence electrons. The van der Waals surface area contributed by atoms with Crippen LogP contribution in [-0.2, 0) is 0 Å². The highest BCUT2D eigenvalue weighted by Crippen LogP contribution is 2.01. The van der Waals surface area contributed by atoms with Crippen LogP contribution < -0.4 is 0 Å². The maximum atomic E-state index is 4.20. The summed E-state index contributed by atoms with van der Waals surface area (Å²) in [6.45, 7) is 6.19. The van der Waals surface area contributed by atoms with E-state index < -0.39 is 0 Å². The summed E-state index contributed by atoms with van der Waals surface area (Å²) >= 11 is 0. The van der Waals surface area contributed by atoms with E-state index in [0.29, 0.717) is 0 Å². The third-order valence-electron chi connectivity index (χ3n) is 1.49. The number of amidine groups is 1. The van der Waals surface area contributed by atoms with Crippen LogP contribution in [0.1, 0.15) is 12.5 Å². The van der Waals surface area contributed by atoms with Crippen molar-refractivity contribution in [2.24, 2.45) is 9.98 Å². The highest BCUT2D eigenvalue weighted by Gasteiger charge is 1.96. The Kier molecular flexibility index (Phi) is 3.20. The number of aliphatic imine (C=N–C) groups is 2. The zero-order valence-corrected chi connectivity index (χ0v) is 7.20. The van der Waals surface area contributed by atoms with Crippen LogP contribution in [0.3, 0.4) is 0 Å². The van der Waals surface area contributed by atoms with E-state index in [1.54, 1.807) is 0 Å². The Labute approximate surface area is 72.7 Å². The molecule has 0 aromatic heterocycles. The van der Waals surface area contributed by atoms with Gasteiger partial charge in [-0.15, -0.1) is 0 Å². The van der Waals surface area contributed by atoms with E-state index in [1.165, 1.54) is 0 Å². The summed E-state index contributed by atoms with van der Waals surface area (Å²) in [5.41, 5.74) is 1.02. The molecular weight excluding hydrogens is 148 g/mol. The van der Waals surface area contributed by atoms with E-state index in [-0.39, 0.29) is 0 Å². The van der Waals surface area contributed by atoms with Crippen molar-refractivity contribution in [1.29, 1.82) is 0 Å². The number of hydrogen-bond acceptors (Lipinski definition) is 1. The summed E-state index contributed by atoms with van der Waals surface area (Å²) in [6, 6.07) is 9.85. The predicted molar refractivity (Wildman–Crippen MR) is 53.1 cm³/mol. The monoisotopic (exact) mass is 160 g/mol. The average Bonchev–Trinajstić information content (AvgIpc) is 2.15. The van der Waals surface area contributed by atoms with Crippen LogP contribution in [0.15, 0.2) is 40.3 Å². The van der Waals surface area contributed by atoms with E-state index >= 15 is 0 Å². The quantitative estimate of drug-likeness (QED) is 0.468. The third-order valence-corrected chi connectivity index (χ3v) is 1.49. The normalized spacial score (nSPS) is 11.2. The molecule has 0 aliphatic carbocycles. The maximum absolute atomic E-state index is 4.20. The molecule has 0 saturated carbocycles. The number of hydrogen-bond donors (Lipinski definition) is 0. The Hall–Kier alpha value is -1.44. The Balaban J connectivity index is 2.96. The molecule has 0 atom stereocenters. The van der Waals surface area contributed by atoms with Crippen molar-refractivity contribution in [1.82, 2.24) is 0 Å². The van der Waals surface area contributed by atoms with Crippen LogP contribution in [0, 0.1) is 0 Å². The lowest BCUT2D eigenvalue weighted by Gasteiger charge is -1.98. The molecule has 0 aliphatic rings. The second-order valence-corrected chi connectivity index (χ2v) is 2.32. The lowest BCUT2D eigenvalue weighted by molar-refractivity contribution is 1.12. The average molecular weight is 160 g/mol. The van der Waals surface area contributed by atoms with Crippen molar-refractivity contribution in [3.63, 3.8) is 0 Å². The second kappa shape index (κ2) is 4.44. The van der Waals surface area contributed by atoms with Crippen molar-refractivity contribution < 1.29 is 0 Å². The smallest absolute Gasteiger partial charge is 0.153 e. The first-order chi connectivity index (χ1) is 5.88. The molecule has 0 radical (unpaired) electrons. The van der Waals surface area contributed by atoms with Gasteiger partial charge in [0.05, 0.1) is 0 Å². The van der Waals surface area contributed by atoms with Gasteiger partial charge in [0.15, 0.2) is 5.84 Å². The predicted octanol–water partition coefficient (Wildman–Crippen LogP) is 2.15. The first-order valence-electron chi connectivity index (χ1n) is 3.95. The van der Waals surface area contributed by atoms with Crippen molar-refractivity contribution in [2.75, 3.05) is 6.54 Å². The summed E-state index contributed by atoms with van der Waals surface area (Å²) < 4.78 is 0. The number of rotatable bonds is 2. The van der Waals surface area contributed by atoms with Crippen LogP contribution in [0.5, 0.6) is 0 Å². The van der Waals surface area contributed by atoms with E-state index in [0.717, 1.165) is 17.9 Å². The summed E-state index contributed by atoms with van der Waals surface area (Å²) in [6.07, 6.45) is 0. The van der Waals surface area contributed by atoms with Gasteiger partial charge in [0.1, 0.15) is 0 Å². The number of nitrogens with zero attached hydrogens (tertiary/aromatic N) is 2. The van der Waals surface area contributed by atoms with E-state index in [9.17, 15) is 0 Å². The fraction of sp³-hybridized carbons (Fsp3) is 0.200. The molecule has 1 aromatic carbocycles. The molecule has 1 rings (SSSR count). The molecule has 0 N–H and O–H groups in total. The molecule has 0 aliphatic heterocycles. The van der Waals surface area contributed by atoms with E-state index in [4.69, 9.17) is 0 Å². The van der Waals surface area contributed by atoms with Gasteiger partial charge in [-0.25, -0.2) is 4.99 Å². The van der Waals surface area contributed by atoms with Gasteiger partial charge in [0, 0.05) is 12.1 Å². The minimum absolute atomic E-state index is 0.720. The van der Waals surface area contributed by atoms with Gasteiger partial charge in [0.2, 0.25) is 0 Å². The largest absolute Gasteiger partial charge is 0.267 e. The van der Waals surface area contributed by atoms with Crippen LogP contribution in [0.25, 0.3) is 0 Å². The first-order valence-corrected chi connectivity index (χ1v) is 3.95. The van der Waals surface area contributed by atoms with Crippen LogP contribution in [0.2, 0.25) is 0 Å². The molecule has 0 amide bonds. The highest BCUT2D eigenvalue weighted by atomic mass is 14.9. The van der Waals surface area contributed by atoms with Gasteiger partial charge in [0.25, 0.3) is 0 Å². The zero-order chi connectivity index (χ0) is 8.81. The van der Waals surface area contributed by atoms with Crippen LogP contribution >= 0.6 is 0 Å². The minimum Gasteiger partial charge on any atom is -0.267 e. The summed E-state index contributed by atoms with van der Waals surface area (Å²) in [4.78, 5) is 8.05. The molecule has 12 heavy (non-hydrogen) atoms. The molecule has 0 fully saturated rings. The van der Waals surface area contributed by atoms with Crippen LogP contribution in [0.4, 0.5) is 0 Å². The zero-order valence-electron chi connectivity index (χ0n) is 7.20. The van der Waals surface area contributed by atoms with Gasteiger partial charge in [-0.05, 0) is 13.6 Å². The van der Waals surface area contributed by atoms with Gasteiger partial charge in [-0.2, -0.15) is 0 Å². The lowest BCUT2D eigenvalue weighted by atomic mass is 10.2. The van der Waals surface area contributed by atoms with Gasteiger partial charge < -0.3 is 0 Å². The molecule has 2 nitrogen and oxygen atoms in total. The van der Waals surface area contributed by atoms with E-state index in [2.05, 4.69) is 16.7 Å². The molecule has 0 heterocycles. The van der Waals surface area contributed by atoms with Gasteiger partial charge in [-0.1, -0.05) is 30.3 Å². The molecule has 0 spiro atoms. The van der Waals surface area contributed by atoms with E-state index in [1.807, 2.05) is 37.3 Å². The first kappa shape index (κ1) is 8.65. The Bertz CT molecular complexity index is 275. The fourth-order valence-electron chi connectivity index (χ4n) is 0.970. The Morgan fingerprint density at radius 1 is 1.33 bits per heavy atom. The molecule has 2 heteroatoms. The second-order valence-electron chi connectivity index (χ2n) is 2.32. The van der Waals surface area contributed by atoms with Gasteiger partial charge in [-0.3, -0.25) is 4.99 Å². The molecule has 0 bridgehead atoms. The van der Waals surface area contributed by atoms with Crippen LogP contribution in [-0.4, -0.2) is 19.1 Å². The van der Waals surface area contributed by atoms with Gasteiger partial charge >= 0.3 is 0 Å². The molecular formula is C10H12N2. The minimum atomic E-state index is 0.720. The SMILES string of the molecule is C=N/C(=N\CC)c1ccccc1. The fourth-order valence-corrected chi connectivity index (χ4v) is 0.970. The van der Waals surface area contributed by atoms with Crippen molar-refractivity contribution in [2.45, 2.75) is 6.92 Å². The lowest BCUT2D eigenvalue weighted by Crippen LogP contribution is -1.96. The Morgan fingerprint density at radius 2 is 2.00 bits per heavy atom. The maximum Gasteiger partial charge on any atom is 0.153 e. The Morgan fingerprint density at radius 3 is 2.50 bits per heavy atom. The molecule has 1 aromatic rings. The third kappa shape index (κ3) is 2.02. The topological polar surface area (TPSA) is 24.7 Å². The summed E-state index contributed by atoms with van der Waals surface area (Å²) in [7, 11) is 0. The highest BCUT2D eigenvalue weighted by molar-refractivity contribution is 6.01. The summed E-state index contributed by atoms with van der Waals surface area (Å²) in [5, 5.41) is 0. The number of benzene rings is 1. The van der Waals surface area contributed by atoms with Crippen molar-refractivity contribution in [3.8, 4) is 0 Å². The molecule has 0 saturated heterocycles.